The number of rotatable bonds is 12. The van der Waals surface area contributed by atoms with E-state index < -0.39 is 91.9 Å². The summed E-state index contributed by atoms with van der Waals surface area (Å²) in [7, 11) is 0. The average Bonchev–Trinajstić information content (AvgIpc) is 3.17. The van der Waals surface area contributed by atoms with Crippen molar-refractivity contribution in [3.63, 3.8) is 0 Å². The van der Waals surface area contributed by atoms with E-state index in [-0.39, 0.29) is 95.3 Å². The molecule has 0 aromatic heterocycles. The number of fused-ring (bicyclic) bond motifs is 8. The first-order valence-electron chi connectivity index (χ1n) is 19.0. The summed E-state index contributed by atoms with van der Waals surface area (Å²) in [5.41, 5.74) is -1.36. The van der Waals surface area contributed by atoms with Crippen LogP contribution in [0.4, 0.5) is 0 Å². The van der Waals surface area contributed by atoms with Crippen molar-refractivity contribution >= 4 is 25.1 Å². The van der Waals surface area contributed by atoms with E-state index in [1.807, 2.05) is 27.7 Å². The Labute approximate surface area is 324 Å². The highest BCUT2D eigenvalue weighted by Crippen LogP contribution is 2.54. The van der Waals surface area contributed by atoms with E-state index >= 15 is 0 Å². The van der Waals surface area contributed by atoms with E-state index in [0.717, 1.165) is 0 Å². The van der Waals surface area contributed by atoms with Crippen LogP contribution in [0.5, 0.6) is 46.0 Å². The molecule has 1 aliphatic rings. The van der Waals surface area contributed by atoms with Gasteiger partial charge in [-0.25, -0.2) is 0 Å². The molecule has 0 atom stereocenters. The molecule has 8 N–H and O–H groups in total. The predicted molar refractivity (Wildman–Crippen MR) is 208 cm³/mol. The van der Waals surface area contributed by atoms with Gasteiger partial charge in [0.2, 0.25) is 0 Å². The van der Waals surface area contributed by atoms with Crippen molar-refractivity contribution in [3.8, 4) is 46.0 Å². The zero-order chi connectivity index (χ0) is 41.2. The van der Waals surface area contributed by atoms with Gasteiger partial charge in [-0.05, 0) is 49.9 Å². The predicted octanol–water partition coefficient (Wildman–Crippen LogP) is 8.62. The second-order valence-corrected chi connectivity index (χ2v) is 14.5. The summed E-state index contributed by atoms with van der Waals surface area (Å²) in [5.74, 6) is -8.76. The van der Waals surface area contributed by atoms with Crippen molar-refractivity contribution in [1.29, 1.82) is 0 Å². The molecule has 0 radical (unpaired) electrons. The zero-order valence-corrected chi connectivity index (χ0v) is 31.8. The van der Waals surface area contributed by atoms with Crippen LogP contribution in [0, 0.1) is 0 Å². The summed E-state index contributed by atoms with van der Waals surface area (Å²) < 4.78 is 0. The molecule has 0 saturated carbocycles. The first-order valence-corrected chi connectivity index (χ1v) is 19.0. The lowest BCUT2D eigenvalue weighted by molar-refractivity contribution is 0.111. The number of aldehydes is 4. The molecule has 0 fully saturated rings. The molecule has 296 valence electrons. The fourth-order valence-corrected chi connectivity index (χ4v) is 8.55. The second-order valence-electron chi connectivity index (χ2n) is 14.5. The van der Waals surface area contributed by atoms with Crippen molar-refractivity contribution in [1.82, 2.24) is 0 Å². The number of aromatic hydroxyl groups is 8. The number of hydrogen-bond acceptors (Lipinski definition) is 12. The summed E-state index contributed by atoms with van der Waals surface area (Å²) in [6, 6.07) is 5.81. The smallest absolute Gasteiger partial charge is 0.157 e. The van der Waals surface area contributed by atoms with Gasteiger partial charge in [0.05, 0.1) is 22.3 Å². The average molecular weight is 769 g/mol. The monoisotopic (exact) mass is 768 g/mol. The van der Waals surface area contributed by atoms with Gasteiger partial charge in [0.15, 0.2) is 25.1 Å². The molecular formula is C44H48O12. The molecule has 0 unspecified atom stereocenters. The van der Waals surface area contributed by atoms with Crippen LogP contribution in [0.2, 0.25) is 0 Å². The molecule has 12 nitrogen and oxygen atoms in total. The summed E-state index contributed by atoms with van der Waals surface area (Å²) in [6.07, 6.45) is 3.67. The molecule has 1 aliphatic carbocycles. The lowest BCUT2D eigenvalue weighted by atomic mass is 9.75. The summed E-state index contributed by atoms with van der Waals surface area (Å²) in [6.45, 7) is 7.32. The van der Waals surface area contributed by atoms with Crippen molar-refractivity contribution in [2.75, 3.05) is 0 Å². The molecule has 56 heavy (non-hydrogen) atoms. The van der Waals surface area contributed by atoms with Crippen molar-refractivity contribution in [3.05, 3.63) is 91.0 Å². The van der Waals surface area contributed by atoms with Crippen molar-refractivity contribution in [2.45, 2.75) is 103 Å². The fourth-order valence-electron chi connectivity index (χ4n) is 8.55. The molecular weight excluding hydrogens is 720 g/mol. The van der Waals surface area contributed by atoms with E-state index in [4.69, 9.17) is 0 Å². The van der Waals surface area contributed by atoms with Gasteiger partial charge >= 0.3 is 0 Å². The minimum Gasteiger partial charge on any atom is -0.507 e. The Morgan fingerprint density at radius 1 is 0.339 bits per heavy atom. The molecule has 5 rings (SSSR count). The van der Waals surface area contributed by atoms with Crippen LogP contribution in [-0.4, -0.2) is 66.0 Å². The molecule has 4 aromatic carbocycles. The van der Waals surface area contributed by atoms with Gasteiger partial charge in [0.25, 0.3) is 0 Å². The number of hydrogen-bond donors (Lipinski definition) is 8. The number of phenols is 8. The van der Waals surface area contributed by atoms with Crippen LogP contribution >= 0.6 is 0 Å². The third-order valence-electron chi connectivity index (χ3n) is 11.3. The number of carbonyl (C=O) groups excluding carboxylic acids is 4. The Kier molecular flexibility index (Phi) is 12.3. The minimum atomic E-state index is -0.980. The third kappa shape index (κ3) is 6.67. The van der Waals surface area contributed by atoms with E-state index in [1.165, 1.54) is 24.3 Å². The highest BCUT2D eigenvalue weighted by atomic mass is 16.3. The van der Waals surface area contributed by atoms with Gasteiger partial charge in [-0.15, -0.1) is 0 Å². The number of benzene rings is 4. The first kappa shape index (κ1) is 41.1. The maximum absolute atomic E-state index is 12.6. The lowest BCUT2D eigenvalue weighted by Crippen LogP contribution is -2.13. The maximum atomic E-state index is 12.6. The second kappa shape index (κ2) is 16.8. The Hall–Kier alpha value is -6.04. The molecule has 12 heteroatoms. The fraction of sp³-hybridized carbons (Fsp3) is 0.364. The van der Waals surface area contributed by atoms with Gasteiger partial charge < -0.3 is 40.9 Å². The molecule has 0 saturated heterocycles. The Morgan fingerprint density at radius 2 is 0.482 bits per heavy atom. The quantitative estimate of drug-likeness (QED) is 0.0633. The van der Waals surface area contributed by atoms with Crippen molar-refractivity contribution < 1.29 is 60.0 Å². The van der Waals surface area contributed by atoms with E-state index in [1.54, 1.807) is 0 Å². The Morgan fingerprint density at radius 3 is 0.589 bits per heavy atom. The summed E-state index contributed by atoms with van der Waals surface area (Å²) in [4.78, 5) is 50.6. The standard InChI is InChI=1S/C44H48O12/c1-5-9-21-25-13-27(39(51)33(17-45)37(25)49)22(10-6-2)29-15-31(43(55)35(19-47)41(29)53)24(12-8-4)32-16-30(42(54)36(20-48)44(32)56)23(11-7-3)28-14-26(21)38(50)34(18-46)40(28)52/h13-24,49-56H,5-12H2,1-4H3. The minimum absolute atomic E-state index is 0.0711. The Bertz CT molecular complexity index is 1780. The van der Waals surface area contributed by atoms with Gasteiger partial charge in [-0.2, -0.15) is 0 Å². The van der Waals surface area contributed by atoms with Gasteiger partial charge in [0, 0.05) is 68.2 Å². The van der Waals surface area contributed by atoms with Crippen LogP contribution in [0.25, 0.3) is 0 Å². The molecule has 0 heterocycles. The normalized spacial score (nSPS) is 17.6. The highest BCUT2D eigenvalue weighted by molar-refractivity contribution is 5.90. The first-order chi connectivity index (χ1) is 26.8. The van der Waals surface area contributed by atoms with Crippen LogP contribution in [0.1, 0.15) is 189 Å². The zero-order valence-electron chi connectivity index (χ0n) is 31.8. The van der Waals surface area contributed by atoms with E-state index in [0.29, 0.717) is 25.7 Å². The SMILES string of the molecule is CCCC1c2cc(c(O)c(C=O)c2O)C(CCC)c2cc(c(O)c(C=O)c2O)C(CCC)c2cc(c(O)c(C=O)c2O)C(CCC)c2cc1c(O)c(C=O)c2O. The molecule has 8 bridgehead atoms. The number of phenolic OH excluding ortho intramolecular Hbond substituents is 8. The largest absolute Gasteiger partial charge is 0.507 e. The van der Waals surface area contributed by atoms with Crippen LogP contribution < -0.4 is 0 Å². The van der Waals surface area contributed by atoms with Crippen LogP contribution in [0.3, 0.4) is 0 Å². The molecule has 4 aromatic rings. The summed E-state index contributed by atoms with van der Waals surface area (Å²) in [5, 5.41) is 93.4. The van der Waals surface area contributed by atoms with E-state index in [2.05, 4.69) is 0 Å². The topological polar surface area (TPSA) is 230 Å². The molecule has 0 spiro atoms. The van der Waals surface area contributed by atoms with E-state index in [9.17, 15) is 60.0 Å². The molecule has 0 amide bonds. The Balaban J connectivity index is 2.13. The van der Waals surface area contributed by atoms with Crippen molar-refractivity contribution in [2.24, 2.45) is 0 Å². The maximum Gasteiger partial charge on any atom is 0.157 e. The molecule has 0 aliphatic heterocycles. The van der Waals surface area contributed by atoms with Gasteiger partial charge in [-0.3, -0.25) is 19.2 Å². The van der Waals surface area contributed by atoms with Crippen LogP contribution in [-0.2, 0) is 0 Å². The third-order valence-corrected chi connectivity index (χ3v) is 11.3. The summed E-state index contributed by atoms with van der Waals surface area (Å²) >= 11 is 0. The van der Waals surface area contributed by atoms with Crippen LogP contribution in [0.15, 0.2) is 24.3 Å². The highest BCUT2D eigenvalue weighted by Gasteiger charge is 2.36. The number of carbonyl (C=O) groups is 4. The van der Waals surface area contributed by atoms with Gasteiger partial charge in [0.1, 0.15) is 46.0 Å². The lowest BCUT2D eigenvalue weighted by Gasteiger charge is -2.30. The van der Waals surface area contributed by atoms with Gasteiger partial charge in [-0.1, -0.05) is 53.4 Å².